The minimum atomic E-state index is 0.419. The SMILES string of the molecule is CCOCCCN[C@@H](C)c1ccc(C)cc1. The van der Waals surface area contributed by atoms with Gasteiger partial charge in [0.15, 0.2) is 0 Å². The molecule has 0 saturated heterocycles. The van der Waals surface area contributed by atoms with Crippen LogP contribution in [0.3, 0.4) is 0 Å². The van der Waals surface area contributed by atoms with Gasteiger partial charge in [-0.05, 0) is 39.3 Å². The van der Waals surface area contributed by atoms with Crippen LogP contribution >= 0.6 is 0 Å². The van der Waals surface area contributed by atoms with E-state index in [1.807, 2.05) is 6.92 Å². The number of hydrogen-bond acceptors (Lipinski definition) is 2. The Labute approximate surface area is 99.0 Å². The maximum absolute atomic E-state index is 5.30. The van der Waals surface area contributed by atoms with Gasteiger partial charge in [0.1, 0.15) is 0 Å². The fourth-order valence-electron chi connectivity index (χ4n) is 1.61. The van der Waals surface area contributed by atoms with Crippen molar-refractivity contribution in [3.63, 3.8) is 0 Å². The highest BCUT2D eigenvalue weighted by Crippen LogP contribution is 2.12. The normalized spacial score (nSPS) is 12.7. The molecular weight excluding hydrogens is 198 g/mol. The molecule has 1 N–H and O–H groups in total. The summed E-state index contributed by atoms with van der Waals surface area (Å²) in [4.78, 5) is 0. The van der Waals surface area contributed by atoms with E-state index in [4.69, 9.17) is 4.74 Å². The first kappa shape index (κ1) is 13.2. The van der Waals surface area contributed by atoms with Gasteiger partial charge in [-0.2, -0.15) is 0 Å². The molecule has 0 aliphatic heterocycles. The second kappa shape index (κ2) is 7.42. The molecule has 2 nitrogen and oxygen atoms in total. The van der Waals surface area contributed by atoms with Gasteiger partial charge in [-0.25, -0.2) is 0 Å². The summed E-state index contributed by atoms with van der Waals surface area (Å²) >= 11 is 0. The number of aryl methyl sites for hydroxylation is 1. The Balaban J connectivity index is 2.24. The molecule has 0 fully saturated rings. The first-order chi connectivity index (χ1) is 7.74. The molecule has 0 aliphatic carbocycles. The topological polar surface area (TPSA) is 21.3 Å². The van der Waals surface area contributed by atoms with Crippen LogP contribution in [0.5, 0.6) is 0 Å². The van der Waals surface area contributed by atoms with E-state index in [9.17, 15) is 0 Å². The number of hydrogen-bond donors (Lipinski definition) is 1. The van der Waals surface area contributed by atoms with Crippen molar-refractivity contribution in [2.75, 3.05) is 19.8 Å². The summed E-state index contributed by atoms with van der Waals surface area (Å²) in [7, 11) is 0. The molecule has 0 amide bonds. The molecule has 1 aromatic rings. The van der Waals surface area contributed by atoms with Gasteiger partial charge in [0.25, 0.3) is 0 Å². The molecular formula is C14H23NO. The standard InChI is InChI=1S/C14H23NO/c1-4-16-11-5-10-15-13(3)14-8-6-12(2)7-9-14/h6-9,13,15H,4-5,10-11H2,1-3H3/t13-/m0/s1. The van der Waals surface area contributed by atoms with Crippen LogP contribution < -0.4 is 5.32 Å². The monoisotopic (exact) mass is 221 g/mol. The molecule has 0 unspecified atom stereocenters. The smallest absolute Gasteiger partial charge is 0.0477 e. The second-order valence-electron chi connectivity index (χ2n) is 4.14. The third-order valence-electron chi connectivity index (χ3n) is 2.70. The molecule has 1 rings (SSSR count). The van der Waals surface area contributed by atoms with Crippen molar-refractivity contribution in [1.29, 1.82) is 0 Å². The van der Waals surface area contributed by atoms with Crippen molar-refractivity contribution in [1.82, 2.24) is 5.32 Å². The zero-order valence-electron chi connectivity index (χ0n) is 10.6. The largest absolute Gasteiger partial charge is 0.382 e. The molecule has 0 radical (unpaired) electrons. The molecule has 0 bridgehead atoms. The summed E-state index contributed by atoms with van der Waals surface area (Å²) in [5.41, 5.74) is 2.66. The maximum Gasteiger partial charge on any atom is 0.0477 e. The highest BCUT2D eigenvalue weighted by atomic mass is 16.5. The molecule has 2 heteroatoms. The van der Waals surface area contributed by atoms with Gasteiger partial charge in [0, 0.05) is 19.3 Å². The lowest BCUT2D eigenvalue weighted by molar-refractivity contribution is 0.144. The van der Waals surface area contributed by atoms with Crippen LogP contribution in [0.2, 0.25) is 0 Å². The van der Waals surface area contributed by atoms with E-state index in [2.05, 4.69) is 43.4 Å². The third kappa shape index (κ3) is 4.77. The summed E-state index contributed by atoms with van der Waals surface area (Å²) in [5.74, 6) is 0. The average Bonchev–Trinajstić information content (AvgIpc) is 2.29. The van der Waals surface area contributed by atoms with E-state index in [-0.39, 0.29) is 0 Å². The summed E-state index contributed by atoms with van der Waals surface area (Å²) in [5, 5.41) is 3.50. The predicted octanol–water partition coefficient (Wildman–Crippen LogP) is 3.07. The lowest BCUT2D eigenvalue weighted by atomic mass is 10.1. The third-order valence-corrected chi connectivity index (χ3v) is 2.70. The zero-order valence-corrected chi connectivity index (χ0v) is 10.6. The molecule has 0 aliphatic rings. The Kier molecular flexibility index (Phi) is 6.12. The Morgan fingerprint density at radius 2 is 1.94 bits per heavy atom. The fraction of sp³-hybridized carbons (Fsp3) is 0.571. The molecule has 0 saturated carbocycles. The Bertz CT molecular complexity index is 281. The lowest BCUT2D eigenvalue weighted by Gasteiger charge is -2.14. The van der Waals surface area contributed by atoms with Crippen LogP contribution in [0, 0.1) is 6.92 Å². The van der Waals surface area contributed by atoms with Crippen molar-refractivity contribution >= 4 is 0 Å². The van der Waals surface area contributed by atoms with Gasteiger partial charge in [-0.15, -0.1) is 0 Å². The van der Waals surface area contributed by atoms with Crippen LogP contribution in [0.4, 0.5) is 0 Å². The van der Waals surface area contributed by atoms with Gasteiger partial charge in [-0.1, -0.05) is 29.8 Å². The van der Waals surface area contributed by atoms with Gasteiger partial charge < -0.3 is 10.1 Å². The molecule has 1 aromatic carbocycles. The van der Waals surface area contributed by atoms with Gasteiger partial charge >= 0.3 is 0 Å². The van der Waals surface area contributed by atoms with Crippen molar-refractivity contribution in [2.45, 2.75) is 33.2 Å². The van der Waals surface area contributed by atoms with Crippen molar-refractivity contribution in [3.05, 3.63) is 35.4 Å². The van der Waals surface area contributed by atoms with E-state index in [1.54, 1.807) is 0 Å². The molecule has 0 spiro atoms. The van der Waals surface area contributed by atoms with E-state index in [1.165, 1.54) is 11.1 Å². The summed E-state index contributed by atoms with van der Waals surface area (Å²) in [6, 6.07) is 9.12. The Morgan fingerprint density at radius 3 is 2.56 bits per heavy atom. The van der Waals surface area contributed by atoms with E-state index in [0.717, 1.165) is 26.2 Å². The Hall–Kier alpha value is -0.860. The summed E-state index contributed by atoms with van der Waals surface area (Å²) < 4.78 is 5.30. The maximum atomic E-state index is 5.30. The highest BCUT2D eigenvalue weighted by molar-refractivity contribution is 5.23. The minimum absolute atomic E-state index is 0.419. The molecule has 0 heterocycles. The average molecular weight is 221 g/mol. The number of rotatable bonds is 7. The number of benzene rings is 1. The van der Waals surface area contributed by atoms with Gasteiger partial charge in [-0.3, -0.25) is 0 Å². The molecule has 1 atom stereocenters. The van der Waals surface area contributed by atoms with Crippen molar-refractivity contribution in [3.8, 4) is 0 Å². The minimum Gasteiger partial charge on any atom is -0.382 e. The first-order valence-electron chi connectivity index (χ1n) is 6.11. The van der Waals surface area contributed by atoms with E-state index < -0.39 is 0 Å². The Morgan fingerprint density at radius 1 is 1.25 bits per heavy atom. The van der Waals surface area contributed by atoms with Crippen molar-refractivity contribution < 1.29 is 4.74 Å². The van der Waals surface area contributed by atoms with E-state index >= 15 is 0 Å². The van der Waals surface area contributed by atoms with Crippen LogP contribution in [-0.4, -0.2) is 19.8 Å². The van der Waals surface area contributed by atoms with Crippen LogP contribution in [0.1, 0.15) is 37.4 Å². The van der Waals surface area contributed by atoms with Crippen LogP contribution in [-0.2, 0) is 4.74 Å². The first-order valence-corrected chi connectivity index (χ1v) is 6.11. The molecule has 90 valence electrons. The molecule has 0 aromatic heterocycles. The van der Waals surface area contributed by atoms with Crippen LogP contribution in [0.25, 0.3) is 0 Å². The van der Waals surface area contributed by atoms with E-state index in [0.29, 0.717) is 6.04 Å². The number of nitrogens with one attached hydrogen (secondary N) is 1. The molecule has 16 heavy (non-hydrogen) atoms. The fourth-order valence-corrected chi connectivity index (χ4v) is 1.61. The van der Waals surface area contributed by atoms with Crippen LogP contribution in [0.15, 0.2) is 24.3 Å². The summed E-state index contributed by atoms with van der Waals surface area (Å²) in [6.07, 6.45) is 1.07. The highest BCUT2D eigenvalue weighted by Gasteiger charge is 2.02. The second-order valence-corrected chi connectivity index (χ2v) is 4.14. The zero-order chi connectivity index (χ0) is 11.8. The van der Waals surface area contributed by atoms with Gasteiger partial charge in [0.2, 0.25) is 0 Å². The summed E-state index contributed by atoms with van der Waals surface area (Å²) in [6.45, 7) is 9.02. The van der Waals surface area contributed by atoms with Crippen molar-refractivity contribution in [2.24, 2.45) is 0 Å². The lowest BCUT2D eigenvalue weighted by Crippen LogP contribution is -2.20. The predicted molar refractivity (Wildman–Crippen MR) is 68.7 cm³/mol. The number of ether oxygens (including phenoxy) is 1. The van der Waals surface area contributed by atoms with Gasteiger partial charge in [0.05, 0.1) is 0 Å². The quantitative estimate of drug-likeness (QED) is 0.714.